The Morgan fingerprint density at radius 1 is 1.24 bits per heavy atom. The quantitative estimate of drug-likeness (QED) is 0.436. The number of anilines is 1. The van der Waals surface area contributed by atoms with Crippen LogP contribution >= 0.6 is 0 Å². The molecule has 1 fully saturated rings. The van der Waals surface area contributed by atoms with Crippen molar-refractivity contribution in [3.05, 3.63) is 53.1 Å². The topological polar surface area (TPSA) is 65.5 Å². The lowest BCUT2D eigenvalue weighted by molar-refractivity contribution is 0.0136. The average Bonchev–Trinajstić information content (AvgIpc) is 3.30. The van der Waals surface area contributed by atoms with Gasteiger partial charge in [0.2, 0.25) is 0 Å². The van der Waals surface area contributed by atoms with E-state index >= 15 is 0 Å². The highest BCUT2D eigenvalue weighted by Crippen LogP contribution is 2.37. The van der Waals surface area contributed by atoms with Crippen LogP contribution in [0.3, 0.4) is 0 Å². The number of aryl methyl sites for hydroxylation is 1. The number of aromatic nitrogens is 2. The molecule has 1 N–H and O–H groups in total. The van der Waals surface area contributed by atoms with E-state index in [0.29, 0.717) is 47.6 Å². The Bertz CT molecular complexity index is 1180. The lowest BCUT2D eigenvalue weighted by atomic mass is 10.0. The van der Waals surface area contributed by atoms with E-state index in [2.05, 4.69) is 15.3 Å². The summed E-state index contributed by atoms with van der Waals surface area (Å²) < 4.78 is 59.7. The van der Waals surface area contributed by atoms with Gasteiger partial charge >= 0.3 is 0 Å². The fourth-order valence-corrected chi connectivity index (χ4v) is 4.10. The van der Waals surface area contributed by atoms with E-state index in [4.69, 9.17) is 14.2 Å². The van der Waals surface area contributed by atoms with Crippen molar-refractivity contribution in [3.8, 4) is 11.5 Å². The van der Waals surface area contributed by atoms with Crippen LogP contribution in [0.5, 0.6) is 11.5 Å². The molecule has 0 radical (unpaired) electrons. The second-order valence-corrected chi connectivity index (χ2v) is 8.55. The van der Waals surface area contributed by atoms with Crippen molar-refractivity contribution in [2.75, 3.05) is 25.6 Å². The molecular formula is C25H28F3N3O3. The number of benzene rings is 2. The van der Waals surface area contributed by atoms with Gasteiger partial charge in [-0.1, -0.05) is 18.2 Å². The van der Waals surface area contributed by atoms with E-state index < -0.39 is 23.3 Å². The summed E-state index contributed by atoms with van der Waals surface area (Å²) in [6.45, 7) is 5.22. The molecule has 34 heavy (non-hydrogen) atoms. The van der Waals surface area contributed by atoms with Crippen molar-refractivity contribution in [2.45, 2.75) is 51.7 Å². The molecule has 1 aromatic heterocycles. The Morgan fingerprint density at radius 3 is 2.71 bits per heavy atom. The number of ether oxygens (including phenoxy) is 3. The van der Waals surface area contributed by atoms with E-state index in [1.165, 1.54) is 12.1 Å². The standard InChI is InChI=1S/C25H28F3N3O3/c1-14(17-8-5-9-19(23(17)26)25(3,27)28)29-24-18-11-22(34-13-16-7-6-10-33-16)21(32-4)12-20(18)30-15(2)31-24/h5,8-9,11-12,14,16H,6-7,10,13H2,1-4H3,(H,29,30,31)/t14-,16+/m1/s1. The first kappa shape index (κ1) is 24.1. The number of rotatable bonds is 8. The third-order valence-electron chi connectivity index (χ3n) is 5.86. The van der Waals surface area contributed by atoms with Gasteiger partial charge in [-0.2, -0.15) is 0 Å². The van der Waals surface area contributed by atoms with E-state index in [1.807, 2.05) is 0 Å². The summed E-state index contributed by atoms with van der Waals surface area (Å²) in [5, 5.41) is 3.80. The van der Waals surface area contributed by atoms with Gasteiger partial charge in [-0.05, 0) is 32.8 Å². The zero-order chi connectivity index (χ0) is 24.5. The van der Waals surface area contributed by atoms with Crippen LogP contribution in [0.4, 0.5) is 19.0 Å². The van der Waals surface area contributed by atoms with E-state index in [1.54, 1.807) is 33.1 Å². The molecule has 0 aliphatic carbocycles. The molecule has 2 atom stereocenters. The maximum Gasteiger partial charge on any atom is 0.273 e. The number of fused-ring (bicyclic) bond motifs is 1. The average molecular weight is 476 g/mol. The van der Waals surface area contributed by atoms with Gasteiger partial charge in [0.05, 0.1) is 30.3 Å². The van der Waals surface area contributed by atoms with Gasteiger partial charge in [0, 0.05) is 30.5 Å². The predicted molar refractivity (Wildman–Crippen MR) is 123 cm³/mol. The smallest absolute Gasteiger partial charge is 0.273 e. The Morgan fingerprint density at radius 2 is 2.03 bits per heavy atom. The molecule has 1 saturated heterocycles. The molecule has 182 valence electrons. The Balaban J connectivity index is 1.68. The Hall–Kier alpha value is -3.07. The predicted octanol–water partition coefficient (Wildman–Crippen LogP) is 5.93. The van der Waals surface area contributed by atoms with Crippen molar-refractivity contribution in [2.24, 2.45) is 0 Å². The fraction of sp³-hybridized carbons (Fsp3) is 0.440. The van der Waals surface area contributed by atoms with Crippen LogP contribution < -0.4 is 14.8 Å². The van der Waals surface area contributed by atoms with Crippen LogP contribution in [0.2, 0.25) is 0 Å². The highest BCUT2D eigenvalue weighted by molar-refractivity contribution is 5.92. The summed E-state index contributed by atoms with van der Waals surface area (Å²) in [4.78, 5) is 8.97. The van der Waals surface area contributed by atoms with Crippen molar-refractivity contribution < 1.29 is 27.4 Å². The van der Waals surface area contributed by atoms with E-state index in [0.717, 1.165) is 25.5 Å². The summed E-state index contributed by atoms with van der Waals surface area (Å²) >= 11 is 0. The van der Waals surface area contributed by atoms with Crippen LogP contribution in [0.1, 0.15) is 49.7 Å². The summed E-state index contributed by atoms with van der Waals surface area (Å²) in [5.41, 5.74) is 0.0848. The molecule has 2 heterocycles. The second-order valence-electron chi connectivity index (χ2n) is 8.55. The molecule has 2 aromatic carbocycles. The number of alkyl halides is 2. The number of nitrogens with one attached hydrogen (secondary N) is 1. The number of methoxy groups -OCH3 is 1. The third-order valence-corrected chi connectivity index (χ3v) is 5.86. The first-order valence-corrected chi connectivity index (χ1v) is 11.2. The highest BCUT2D eigenvalue weighted by Gasteiger charge is 2.30. The molecule has 9 heteroatoms. The zero-order valence-electron chi connectivity index (χ0n) is 19.6. The van der Waals surface area contributed by atoms with Gasteiger partial charge < -0.3 is 19.5 Å². The van der Waals surface area contributed by atoms with Crippen molar-refractivity contribution in [1.29, 1.82) is 0 Å². The number of halogens is 3. The second kappa shape index (κ2) is 9.66. The van der Waals surface area contributed by atoms with Crippen LogP contribution in [0.25, 0.3) is 10.9 Å². The monoisotopic (exact) mass is 475 g/mol. The SMILES string of the molecule is COc1cc2nc(C)nc(N[C@H](C)c3cccc(C(C)(F)F)c3F)c2cc1OC[C@@H]1CCCO1. The molecule has 1 aliphatic heterocycles. The van der Waals surface area contributed by atoms with Gasteiger partial charge in [-0.25, -0.2) is 23.1 Å². The fourth-order valence-electron chi connectivity index (χ4n) is 4.10. The molecule has 4 rings (SSSR count). The first-order valence-electron chi connectivity index (χ1n) is 11.2. The maximum atomic E-state index is 14.9. The number of nitrogens with zero attached hydrogens (tertiary/aromatic N) is 2. The summed E-state index contributed by atoms with van der Waals surface area (Å²) in [6, 6.07) is 6.89. The minimum atomic E-state index is -3.29. The highest BCUT2D eigenvalue weighted by atomic mass is 19.3. The number of hydrogen-bond donors (Lipinski definition) is 1. The molecular weight excluding hydrogens is 447 g/mol. The molecule has 0 amide bonds. The van der Waals surface area contributed by atoms with Gasteiger partial charge in [0.1, 0.15) is 24.1 Å². The van der Waals surface area contributed by atoms with Crippen LogP contribution in [-0.2, 0) is 10.7 Å². The van der Waals surface area contributed by atoms with Crippen molar-refractivity contribution in [3.63, 3.8) is 0 Å². The maximum absolute atomic E-state index is 14.9. The van der Waals surface area contributed by atoms with Crippen LogP contribution in [0.15, 0.2) is 30.3 Å². The van der Waals surface area contributed by atoms with Gasteiger partial charge in [0.25, 0.3) is 5.92 Å². The normalized spacial score (nSPS) is 17.1. The van der Waals surface area contributed by atoms with Gasteiger partial charge in [-0.15, -0.1) is 0 Å². The largest absolute Gasteiger partial charge is 0.493 e. The van der Waals surface area contributed by atoms with Crippen LogP contribution in [0, 0.1) is 12.7 Å². The molecule has 6 nitrogen and oxygen atoms in total. The Labute approximate surface area is 196 Å². The summed E-state index contributed by atoms with van der Waals surface area (Å²) in [7, 11) is 1.55. The van der Waals surface area contributed by atoms with Crippen LogP contribution in [-0.4, -0.2) is 36.4 Å². The molecule has 0 unspecified atom stereocenters. The minimum absolute atomic E-state index is 0.0271. The molecule has 3 aromatic rings. The van der Waals surface area contributed by atoms with E-state index in [9.17, 15) is 13.2 Å². The minimum Gasteiger partial charge on any atom is -0.493 e. The summed E-state index contributed by atoms with van der Waals surface area (Å²) in [5.74, 6) is -2.27. The van der Waals surface area contributed by atoms with Crippen molar-refractivity contribution >= 4 is 16.7 Å². The molecule has 0 saturated carbocycles. The third kappa shape index (κ3) is 5.04. The Kier molecular flexibility index (Phi) is 6.84. The van der Waals surface area contributed by atoms with Gasteiger partial charge in [-0.3, -0.25) is 0 Å². The molecule has 0 bridgehead atoms. The molecule has 1 aliphatic rings. The number of hydrogen-bond acceptors (Lipinski definition) is 6. The zero-order valence-corrected chi connectivity index (χ0v) is 19.6. The lowest BCUT2D eigenvalue weighted by Gasteiger charge is -2.21. The first-order chi connectivity index (χ1) is 16.2. The molecule has 0 spiro atoms. The van der Waals surface area contributed by atoms with E-state index in [-0.39, 0.29) is 11.7 Å². The van der Waals surface area contributed by atoms with Gasteiger partial charge in [0.15, 0.2) is 11.5 Å². The van der Waals surface area contributed by atoms with Crippen molar-refractivity contribution in [1.82, 2.24) is 9.97 Å². The lowest BCUT2D eigenvalue weighted by Crippen LogP contribution is -2.17. The summed E-state index contributed by atoms with van der Waals surface area (Å²) in [6.07, 6.45) is 1.97.